The molecule has 2 heterocycles. The van der Waals surface area contributed by atoms with Crippen molar-refractivity contribution in [2.75, 3.05) is 36.9 Å². The van der Waals surface area contributed by atoms with Gasteiger partial charge in [0.25, 0.3) is 5.91 Å². The summed E-state index contributed by atoms with van der Waals surface area (Å²) in [6, 6.07) is 7.26. The molecule has 0 bridgehead atoms. The standard InChI is InChI=1S/C19H27N3O3/c23-18(9-12-22-10-2-1-3-11-22)20-15-6-4-7-16(14-15)21-19(24)17-8-5-13-25-17/h4,6-7,14,17H,1-3,5,8-13H2,(H,20,23)(H,21,24)/t17-/m1/s1. The predicted molar refractivity (Wildman–Crippen MR) is 97.6 cm³/mol. The fraction of sp³-hybridized carbons (Fsp3) is 0.579. The number of ether oxygens (including phenoxy) is 1. The molecule has 0 aliphatic carbocycles. The molecule has 0 spiro atoms. The average Bonchev–Trinajstić information content (AvgIpc) is 3.16. The molecule has 1 atom stereocenters. The van der Waals surface area contributed by atoms with Crippen LogP contribution in [0.4, 0.5) is 11.4 Å². The number of rotatable bonds is 6. The summed E-state index contributed by atoms with van der Waals surface area (Å²) in [7, 11) is 0. The van der Waals surface area contributed by atoms with Crippen molar-refractivity contribution >= 4 is 23.2 Å². The number of nitrogens with zero attached hydrogens (tertiary/aromatic N) is 1. The predicted octanol–water partition coefficient (Wildman–Crippen LogP) is 2.62. The number of carbonyl (C=O) groups excluding carboxylic acids is 2. The Balaban J connectivity index is 1.47. The van der Waals surface area contributed by atoms with Crippen LogP contribution >= 0.6 is 0 Å². The molecule has 2 aliphatic rings. The molecule has 25 heavy (non-hydrogen) atoms. The van der Waals surface area contributed by atoms with Crippen molar-refractivity contribution in [2.45, 2.75) is 44.6 Å². The molecule has 0 saturated carbocycles. The van der Waals surface area contributed by atoms with Gasteiger partial charge in [-0.3, -0.25) is 9.59 Å². The van der Waals surface area contributed by atoms with Gasteiger partial charge in [-0.2, -0.15) is 0 Å². The van der Waals surface area contributed by atoms with E-state index >= 15 is 0 Å². The second kappa shape index (κ2) is 8.97. The number of anilines is 2. The van der Waals surface area contributed by atoms with E-state index < -0.39 is 0 Å². The highest BCUT2D eigenvalue weighted by molar-refractivity contribution is 5.96. The van der Waals surface area contributed by atoms with Crippen LogP contribution in [-0.4, -0.2) is 49.1 Å². The van der Waals surface area contributed by atoms with Gasteiger partial charge in [0, 0.05) is 30.9 Å². The van der Waals surface area contributed by atoms with E-state index in [-0.39, 0.29) is 17.9 Å². The Labute approximate surface area is 148 Å². The van der Waals surface area contributed by atoms with Crippen molar-refractivity contribution in [1.29, 1.82) is 0 Å². The summed E-state index contributed by atoms with van der Waals surface area (Å²) < 4.78 is 5.38. The number of nitrogens with one attached hydrogen (secondary N) is 2. The van der Waals surface area contributed by atoms with Crippen LogP contribution < -0.4 is 10.6 Å². The summed E-state index contributed by atoms with van der Waals surface area (Å²) >= 11 is 0. The first-order chi connectivity index (χ1) is 12.2. The van der Waals surface area contributed by atoms with Gasteiger partial charge >= 0.3 is 0 Å². The van der Waals surface area contributed by atoms with Crippen molar-refractivity contribution in [3.05, 3.63) is 24.3 Å². The number of hydrogen-bond donors (Lipinski definition) is 2. The number of hydrogen-bond acceptors (Lipinski definition) is 4. The van der Waals surface area contributed by atoms with Crippen LogP contribution in [0.2, 0.25) is 0 Å². The molecule has 2 saturated heterocycles. The molecule has 3 rings (SSSR count). The van der Waals surface area contributed by atoms with Gasteiger partial charge in [-0.1, -0.05) is 12.5 Å². The molecule has 6 nitrogen and oxygen atoms in total. The van der Waals surface area contributed by atoms with Gasteiger partial charge in [0.1, 0.15) is 6.10 Å². The molecule has 2 N–H and O–H groups in total. The largest absolute Gasteiger partial charge is 0.368 e. The Kier molecular flexibility index (Phi) is 6.42. The number of carbonyl (C=O) groups is 2. The highest BCUT2D eigenvalue weighted by Gasteiger charge is 2.23. The van der Waals surface area contributed by atoms with E-state index in [0.29, 0.717) is 24.4 Å². The molecule has 136 valence electrons. The first-order valence-corrected chi connectivity index (χ1v) is 9.25. The third-order valence-electron chi connectivity index (χ3n) is 4.74. The second-order valence-corrected chi connectivity index (χ2v) is 6.77. The molecule has 2 amide bonds. The highest BCUT2D eigenvalue weighted by atomic mass is 16.5. The van der Waals surface area contributed by atoms with Crippen molar-refractivity contribution < 1.29 is 14.3 Å². The first-order valence-electron chi connectivity index (χ1n) is 9.25. The Morgan fingerprint density at radius 1 is 1.08 bits per heavy atom. The number of piperidine rings is 1. The third-order valence-corrected chi connectivity index (χ3v) is 4.74. The maximum atomic E-state index is 12.2. The molecular weight excluding hydrogens is 318 g/mol. The molecule has 0 aromatic heterocycles. The zero-order valence-electron chi connectivity index (χ0n) is 14.6. The quantitative estimate of drug-likeness (QED) is 0.831. The Morgan fingerprint density at radius 2 is 1.84 bits per heavy atom. The molecule has 2 aliphatic heterocycles. The zero-order valence-corrected chi connectivity index (χ0v) is 14.6. The minimum absolute atomic E-state index is 0.00757. The van der Waals surface area contributed by atoms with Crippen molar-refractivity contribution in [2.24, 2.45) is 0 Å². The minimum atomic E-state index is -0.359. The summed E-state index contributed by atoms with van der Waals surface area (Å²) in [6.07, 6.45) is 5.58. The van der Waals surface area contributed by atoms with Gasteiger partial charge in [-0.15, -0.1) is 0 Å². The summed E-state index contributed by atoms with van der Waals surface area (Å²) in [5.74, 6) is -0.112. The van der Waals surface area contributed by atoms with Crippen LogP contribution in [0.5, 0.6) is 0 Å². The molecular formula is C19H27N3O3. The van der Waals surface area contributed by atoms with Gasteiger partial charge < -0.3 is 20.3 Å². The molecule has 1 aromatic carbocycles. The van der Waals surface area contributed by atoms with E-state index in [1.54, 1.807) is 6.07 Å². The summed E-state index contributed by atoms with van der Waals surface area (Å²) in [5, 5.41) is 5.77. The first kappa shape index (κ1) is 17.9. The lowest BCUT2D eigenvalue weighted by atomic mass is 10.1. The van der Waals surface area contributed by atoms with Crippen LogP contribution in [0, 0.1) is 0 Å². The smallest absolute Gasteiger partial charge is 0.253 e. The van der Waals surface area contributed by atoms with Gasteiger partial charge in [0.2, 0.25) is 5.91 Å². The normalized spacial score (nSPS) is 21.0. The maximum Gasteiger partial charge on any atom is 0.253 e. The van der Waals surface area contributed by atoms with Gasteiger partial charge in [0.05, 0.1) is 0 Å². The van der Waals surface area contributed by atoms with Crippen LogP contribution in [-0.2, 0) is 14.3 Å². The Bertz CT molecular complexity index is 593. The van der Waals surface area contributed by atoms with E-state index in [1.807, 2.05) is 18.2 Å². The molecule has 1 aromatic rings. The lowest BCUT2D eigenvalue weighted by molar-refractivity contribution is -0.124. The Hall–Kier alpha value is -1.92. The highest BCUT2D eigenvalue weighted by Crippen LogP contribution is 2.18. The van der Waals surface area contributed by atoms with E-state index in [1.165, 1.54) is 19.3 Å². The van der Waals surface area contributed by atoms with Crippen LogP contribution in [0.3, 0.4) is 0 Å². The number of likely N-dealkylation sites (tertiary alicyclic amines) is 1. The monoisotopic (exact) mass is 345 g/mol. The lowest BCUT2D eigenvalue weighted by Gasteiger charge is -2.25. The van der Waals surface area contributed by atoms with Gasteiger partial charge in [0.15, 0.2) is 0 Å². The molecule has 0 radical (unpaired) electrons. The van der Waals surface area contributed by atoms with Crippen molar-refractivity contribution in [3.8, 4) is 0 Å². The zero-order chi connectivity index (χ0) is 17.5. The number of amides is 2. The average molecular weight is 345 g/mol. The Morgan fingerprint density at radius 3 is 2.56 bits per heavy atom. The summed E-state index contributed by atoms with van der Waals surface area (Å²) in [4.78, 5) is 26.6. The van der Waals surface area contributed by atoms with Crippen LogP contribution in [0.25, 0.3) is 0 Å². The number of benzene rings is 1. The van der Waals surface area contributed by atoms with E-state index in [4.69, 9.17) is 4.74 Å². The molecule has 0 unspecified atom stereocenters. The van der Waals surface area contributed by atoms with Gasteiger partial charge in [-0.05, 0) is 57.0 Å². The van der Waals surface area contributed by atoms with Crippen molar-refractivity contribution in [3.63, 3.8) is 0 Å². The molecule has 2 fully saturated rings. The third kappa shape index (κ3) is 5.54. The lowest BCUT2D eigenvalue weighted by Crippen LogP contribution is -2.32. The van der Waals surface area contributed by atoms with E-state index in [2.05, 4.69) is 15.5 Å². The second-order valence-electron chi connectivity index (χ2n) is 6.77. The summed E-state index contributed by atoms with van der Waals surface area (Å²) in [6.45, 7) is 3.64. The van der Waals surface area contributed by atoms with Gasteiger partial charge in [-0.25, -0.2) is 0 Å². The van der Waals surface area contributed by atoms with Crippen molar-refractivity contribution in [1.82, 2.24) is 4.90 Å². The fourth-order valence-electron chi connectivity index (χ4n) is 3.35. The van der Waals surface area contributed by atoms with E-state index in [9.17, 15) is 9.59 Å². The molecule has 6 heteroatoms. The van der Waals surface area contributed by atoms with Crippen LogP contribution in [0.15, 0.2) is 24.3 Å². The minimum Gasteiger partial charge on any atom is -0.368 e. The fourth-order valence-corrected chi connectivity index (χ4v) is 3.35. The van der Waals surface area contributed by atoms with Crippen LogP contribution in [0.1, 0.15) is 38.5 Å². The van der Waals surface area contributed by atoms with E-state index in [0.717, 1.165) is 32.5 Å². The SMILES string of the molecule is O=C(CCN1CCCCC1)Nc1cccc(NC(=O)[C@H]2CCCO2)c1. The summed E-state index contributed by atoms with van der Waals surface area (Å²) in [5.41, 5.74) is 1.38. The topological polar surface area (TPSA) is 70.7 Å². The maximum absolute atomic E-state index is 12.2.